The Morgan fingerprint density at radius 2 is 1.59 bits per heavy atom. The number of nitriles is 1. The molecule has 0 amide bonds. The maximum absolute atomic E-state index is 14.1. The van der Waals surface area contributed by atoms with Gasteiger partial charge in [-0.25, -0.2) is 17.6 Å². The highest BCUT2D eigenvalue weighted by molar-refractivity contribution is 5.78. The molecular formula is C19H19F4NO3. The molecule has 1 aromatic carbocycles. The maximum atomic E-state index is 14.1. The normalized spacial score (nSPS) is 20.9. The Bertz CT molecular complexity index is 813. The van der Waals surface area contributed by atoms with Gasteiger partial charge in [0.1, 0.15) is 6.61 Å². The average Bonchev–Trinajstić information content (AvgIpc) is 3.16. The molecule has 4 nitrogen and oxygen atoms in total. The molecule has 0 N–H and O–H groups in total. The first-order valence-electron chi connectivity index (χ1n) is 8.15. The van der Waals surface area contributed by atoms with Crippen molar-refractivity contribution in [1.29, 1.82) is 5.26 Å². The van der Waals surface area contributed by atoms with Crippen LogP contribution >= 0.6 is 0 Å². The second-order valence-corrected chi connectivity index (χ2v) is 7.04. The van der Waals surface area contributed by atoms with Crippen LogP contribution in [0.15, 0.2) is 11.6 Å². The van der Waals surface area contributed by atoms with Gasteiger partial charge >= 0.3 is 5.97 Å². The van der Waals surface area contributed by atoms with Gasteiger partial charge in [-0.3, -0.25) is 4.79 Å². The molecule has 1 aliphatic carbocycles. The molecule has 0 unspecified atom stereocenters. The minimum Gasteiger partial charge on any atom is -0.460 e. The number of allylic oxidation sites excluding steroid dienone is 2. The number of halogens is 4. The number of carbonyl (C=O) groups excluding carboxylic acids is 1. The van der Waals surface area contributed by atoms with E-state index in [-0.39, 0.29) is 5.92 Å². The first kappa shape index (κ1) is 20.9. The third-order valence-electron chi connectivity index (χ3n) is 4.86. The number of methoxy groups -OCH3 is 1. The van der Waals surface area contributed by atoms with Gasteiger partial charge in [-0.2, -0.15) is 5.26 Å². The van der Waals surface area contributed by atoms with Crippen molar-refractivity contribution in [1.82, 2.24) is 0 Å². The van der Waals surface area contributed by atoms with Crippen LogP contribution < -0.4 is 0 Å². The Morgan fingerprint density at radius 1 is 1.11 bits per heavy atom. The second kappa shape index (κ2) is 7.69. The minimum atomic E-state index is -1.62. The summed E-state index contributed by atoms with van der Waals surface area (Å²) in [7, 11) is 1.13. The number of nitrogens with zero attached hydrogens (tertiary/aromatic N) is 1. The van der Waals surface area contributed by atoms with Crippen molar-refractivity contribution in [2.24, 2.45) is 17.3 Å². The van der Waals surface area contributed by atoms with Gasteiger partial charge in [0.05, 0.1) is 29.7 Å². The van der Waals surface area contributed by atoms with Gasteiger partial charge in [0.25, 0.3) is 0 Å². The lowest BCUT2D eigenvalue weighted by Crippen LogP contribution is -2.15. The van der Waals surface area contributed by atoms with Gasteiger partial charge < -0.3 is 9.47 Å². The van der Waals surface area contributed by atoms with Gasteiger partial charge in [0.2, 0.25) is 0 Å². The van der Waals surface area contributed by atoms with Crippen molar-refractivity contribution in [3.8, 4) is 6.07 Å². The zero-order valence-electron chi connectivity index (χ0n) is 15.3. The molecule has 1 fully saturated rings. The summed E-state index contributed by atoms with van der Waals surface area (Å²) in [6.45, 7) is 3.57. The maximum Gasteiger partial charge on any atom is 0.310 e. The number of rotatable bonds is 6. The molecule has 0 aliphatic heterocycles. The van der Waals surface area contributed by atoms with E-state index in [0.717, 1.165) is 7.11 Å². The molecule has 1 aliphatic rings. The summed E-state index contributed by atoms with van der Waals surface area (Å²) in [5, 5.41) is 8.83. The fourth-order valence-corrected chi connectivity index (χ4v) is 3.10. The van der Waals surface area contributed by atoms with Gasteiger partial charge in [-0.15, -0.1) is 0 Å². The van der Waals surface area contributed by atoms with Crippen molar-refractivity contribution in [3.63, 3.8) is 0 Å². The number of carbonyl (C=O) groups is 1. The summed E-state index contributed by atoms with van der Waals surface area (Å²) in [6, 6.07) is 1.95. The number of benzene rings is 1. The molecule has 27 heavy (non-hydrogen) atoms. The van der Waals surface area contributed by atoms with Crippen LogP contribution in [0.5, 0.6) is 0 Å². The highest BCUT2D eigenvalue weighted by Crippen LogP contribution is 2.59. The Balaban J connectivity index is 2.18. The highest BCUT2D eigenvalue weighted by atomic mass is 19.2. The van der Waals surface area contributed by atoms with Crippen LogP contribution in [0.3, 0.4) is 0 Å². The molecule has 0 bridgehead atoms. The second-order valence-electron chi connectivity index (χ2n) is 7.04. The van der Waals surface area contributed by atoms with E-state index in [1.54, 1.807) is 26.8 Å². The van der Waals surface area contributed by atoms with Crippen molar-refractivity contribution >= 4 is 5.97 Å². The summed E-state index contributed by atoms with van der Waals surface area (Å²) in [5.74, 6) is -8.06. The summed E-state index contributed by atoms with van der Waals surface area (Å²) < 4.78 is 65.4. The summed E-state index contributed by atoms with van der Waals surface area (Å²) >= 11 is 0. The van der Waals surface area contributed by atoms with Gasteiger partial charge in [-0.05, 0) is 18.3 Å². The molecule has 0 aromatic heterocycles. The van der Waals surface area contributed by atoms with Crippen LogP contribution in [0, 0.1) is 51.9 Å². The molecule has 0 saturated heterocycles. The van der Waals surface area contributed by atoms with Crippen molar-refractivity contribution < 1.29 is 31.8 Å². The van der Waals surface area contributed by atoms with E-state index in [4.69, 9.17) is 10.00 Å². The van der Waals surface area contributed by atoms with Gasteiger partial charge in [0, 0.05) is 12.7 Å². The average molecular weight is 385 g/mol. The molecule has 1 aromatic rings. The molecule has 8 heteroatoms. The van der Waals surface area contributed by atoms with Crippen LogP contribution in [-0.2, 0) is 27.5 Å². The van der Waals surface area contributed by atoms with Crippen LogP contribution in [0.2, 0.25) is 0 Å². The largest absolute Gasteiger partial charge is 0.460 e. The Hall–Kier alpha value is -2.40. The van der Waals surface area contributed by atoms with E-state index in [2.05, 4.69) is 4.74 Å². The van der Waals surface area contributed by atoms with E-state index in [9.17, 15) is 22.4 Å². The van der Waals surface area contributed by atoms with Crippen LogP contribution in [0.25, 0.3) is 0 Å². The summed E-state index contributed by atoms with van der Waals surface area (Å²) in [5.41, 5.74) is -1.94. The number of esters is 1. The molecule has 2 rings (SSSR count). The zero-order valence-corrected chi connectivity index (χ0v) is 15.3. The Morgan fingerprint density at radius 3 is 2.04 bits per heavy atom. The SMILES string of the molecule is COCc1c(F)c(F)c(COC(=O)[C@@H]2[C@@H](/C=C(\C)C#N)C2(C)C)c(F)c1F. The van der Waals surface area contributed by atoms with E-state index < -0.39 is 64.9 Å². The lowest BCUT2D eigenvalue weighted by atomic mass is 10.1. The third kappa shape index (κ3) is 3.83. The first-order valence-corrected chi connectivity index (χ1v) is 8.15. The molecule has 0 heterocycles. The van der Waals surface area contributed by atoms with Crippen LogP contribution in [0.4, 0.5) is 17.6 Å². The molecule has 2 atom stereocenters. The van der Waals surface area contributed by atoms with Gasteiger partial charge in [-0.1, -0.05) is 19.9 Å². The molecule has 146 valence electrons. The number of hydrogen-bond donors (Lipinski definition) is 0. The standard InChI is InChI=1S/C19H19F4NO3/c1-9(6-24)5-12-13(19(12,2)3)18(25)27-8-11-16(22)14(20)10(7-26-4)15(21)17(11)23/h5,12-13H,7-8H2,1-4H3/b9-5+/t12-,13+/m1/s1. The quantitative estimate of drug-likeness (QED) is 0.319. The highest BCUT2D eigenvalue weighted by Gasteiger charge is 2.61. The lowest BCUT2D eigenvalue weighted by Gasteiger charge is -2.12. The molecule has 0 radical (unpaired) electrons. The molecular weight excluding hydrogens is 366 g/mol. The number of ether oxygens (including phenoxy) is 2. The van der Waals surface area contributed by atoms with Crippen LogP contribution in [0.1, 0.15) is 31.9 Å². The lowest BCUT2D eigenvalue weighted by molar-refractivity contribution is -0.147. The number of hydrogen-bond acceptors (Lipinski definition) is 4. The van der Waals surface area contributed by atoms with Crippen molar-refractivity contribution in [3.05, 3.63) is 46.0 Å². The topological polar surface area (TPSA) is 59.3 Å². The third-order valence-corrected chi connectivity index (χ3v) is 4.86. The monoisotopic (exact) mass is 385 g/mol. The first-order chi connectivity index (χ1) is 12.6. The summed E-state index contributed by atoms with van der Waals surface area (Å²) in [4.78, 5) is 12.2. The Kier molecular flexibility index (Phi) is 5.95. The van der Waals surface area contributed by atoms with Crippen LogP contribution in [-0.4, -0.2) is 13.1 Å². The fraction of sp³-hybridized carbons (Fsp3) is 0.474. The van der Waals surface area contributed by atoms with Crippen molar-refractivity contribution in [2.45, 2.75) is 34.0 Å². The summed E-state index contributed by atoms with van der Waals surface area (Å²) in [6.07, 6.45) is 1.63. The zero-order chi connectivity index (χ0) is 20.5. The predicted molar refractivity (Wildman–Crippen MR) is 86.9 cm³/mol. The van der Waals surface area contributed by atoms with Crippen molar-refractivity contribution in [2.75, 3.05) is 7.11 Å². The smallest absolute Gasteiger partial charge is 0.310 e. The van der Waals surface area contributed by atoms with Gasteiger partial charge in [0.15, 0.2) is 23.3 Å². The Labute approximate surface area is 154 Å². The molecule has 1 saturated carbocycles. The fourth-order valence-electron chi connectivity index (χ4n) is 3.10. The van der Waals surface area contributed by atoms with E-state index in [1.807, 2.05) is 6.07 Å². The molecule has 0 spiro atoms. The predicted octanol–water partition coefficient (Wildman–Crippen LogP) is 4.17. The van der Waals surface area contributed by atoms with E-state index in [1.165, 1.54) is 0 Å². The van der Waals surface area contributed by atoms with E-state index >= 15 is 0 Å². The van der Waals surface area contributed by atoms with E-state index in [0.29, 0.717) is 5.57 Å². The minimum absolute atomic E-state index is 0.267.